The molecule has 0 atom stereocenters. The minimum Gasteiger partial charge on any atom is -0.349 e. The van der Waals surface area contributed by atoms with Crippen molar-refractivity contribution >= 4 is 21.6 Å². The highest BCUT2D eigenvalue weighted by Crippen LogP contribution is 2.15. The number of hydrogen-bond donors (Lipinski definition) is 1. The van der Waals surface area contributed by atoms with Crippen molar-refractivity contribution in [1.82, 2.24) is 9.29 Å². The van der Waals surface area contributed by atoms with Crippen LogP contribution in [-0.2, 0) is 22.4 Å². The molecule has 1 N–H and O–H groups in total. The van der Waals surface area contributed by atoms with E-state index in [2.05, 4.69) is 4.72 Å². The van der Waals surface area contributed by atoms with E-state index in [1.165, 1.54) is 0 Å². The smallest absolute Gasteiger partial charge is 0.242 e. The summed E-state index contributed by atoms with van der Waals surface area (Å²) < 4.78 is 27.6. The summed E-state index contributed by atoms with van der Waals surface area (Å²) in [4.78, 5) is 0.279. The first-order valence-electron chi connectivity index (χ1n) is 4.79. The quantitative estimate of drug-likeness (QED) is 0.806. The first-order valence-corrected chi connectivity index (χ1v) is 6.81. The normalized spacial score (nSPS) is 11.9. The van der Waals surface area contributed by atoms with Crippen LogP contribution in [0.15, 0.2) is 17.2 Å². The van der Waals surface area contributed by atoms with Crippen molar-refractivity contribution in [1.29, 1.82) is 0 Å². The molecule has 0 spiro atoms. The van der Waals surface area contributed by atoms with Crippen LogP contribution in [0.5, 0.6) is 0 Å². The van der Waals surface area contributed by atoms with Crippen LogP contribution in [0, 0.1) is 0 Å². The van der Waals surface area contributed by atoms with Crippen LogP contribution < -0.4 is 4.72 Å². The van der Waals surface area contributed by atoms with E-state index in [0.717, 1.165) is 5.69 Å². The van der Waals surface area contributed by atoms with Gasteiger partial charge in [0.15, 0.2) is 0 Å². The van der Waals surface area contributed by atoms with Crippen LogP contribution in [0.4, 0.5) is 0 Å². The molecule has 0 amide bonds. The maximum atomic E-state index is 11.7. The molecule has 86 valence electrons. The molecule has 0 saturated heterocycles. The number of nitrogens with zero attached hydrogens (tertiary/aromatic N) is 1. The molecule has 0 aliphatic carbocycles. The van der Waals surface area contributed by atoms with Crippen molar-refractivity contribution in [3.05, 3.63) is 18.0 Å². The summed E-state index contributed by atoms with van der Waals surface area (Å²) in [5.41, 5.74) is 0.815. The van der Waals surface area contributed by atoms with Gasteiger partial charge in [0, 0.05) is 25.0 Å². The highest BCUT2D eigenvalue weighted by atomic mass is 35.5. The van der Waals surface area contributed by atoms with E-state index in [1.807, 2.05) is 11.5 Å². The fraction of sp³-hybridized carbons (Fsp3) is 0.556. The summed E-state index contributed by atoms with van der Waals surface area (Å²) in [6.45, 7) is 4.79. The highest BCUT2D eigenvalue weighted by Gasteiger charge is 2.16. The number of rotatable bonds is 5. The average Bonchev–Trinajstić information content (AvgIpc) is 2.61. The van der Waals surface area contributed by atoms with Crippen LogP contribution in [-0.4, -0.2) is 19.5 Å². The molecule has 6 heteroatoms. The Morgan fingerprint density at radius 1 is 1.47 bits per heavy atom. The Bertz CT molecular complexity index is 404. The molecule has 1 aromatic heterocycles. The number of nitrogens with one attached hydrogen (secondary N) is 1. The van der Waals surface area contributed by atoms with Crippen LogP contribution in [0.25, 0.3) is 0 Å². The Kier molecular flexibility index (Phi) is 4.19. The molecule has 1 aromatic rings. The van der Waals surface area contributed by atoms with Gasteiger partial charge in [0.05, 0.1) is 10.8 Å². The molecule has 0 radical (unpaired) electrons. The third-order valence-electron chi connectivity index (χ3n) is 2.08. The van der Waals surface area contributed by atoms with Gasteiger partial charge in [-0.2, -0.15) is 0 Å². The third kappa shape index (κ3) is 2.74. The summed E-state index contributed by atoms with van der Waals surface area (Å²) in [5.74, 6) is 0.315. The predicted octanol–water partition coefficient (Wildman–Crippen LogP) is 1.54. The molecule has 0 fully saturated rings. The largest absolute Gasteiger partial charge is 0.349 e. The number of hydrogen-bond acceptors (Lipinski definition) is 2. The zero-order valence-electron chi connectivity index (χ0n) is 8.83. The molecule has 15 heavy (non-hydrogen) atoms. The van der Waals surface area contributed by atoms with E-state index < -0.39 is 10.0 Å². The molecule has 4 nitrogen and oxygen atoms in total. The van der Waals surface area contributed by atoms with Crippen LogP contribution in [0.2, 0.25) is 0 Å². The van der Waals surface area contributed by atoms with Gasteiger partial charge >= 0.3 is 0 Å². The third-order valence-corrected chi connectivity index (χ3v) is 3.87. The number of alkyl halides is 1. The number of sulfonamides is 1. The molecule has 1 rings (SSSR count). The van der Waals surface area contributed by atoms with Crippen LogP contribution in [0.1, 0.15) is 19.5 Å². The lowest BCUT2D eigenvalue weighted by atomic mass is 10.5. The van der Waals surface area contributed by atoms with Crippen molar-refractivity contribution in [3.63, 3.8) is 0 Å². The summed E-state index contributed by atoms with van der Waals surface area (Å²) in [6, 6.07) is 1.61. The van der Waals surface area contributed by atoms with E-state index in [-0.39, 0.29) is 4.90 Å². The van der Waals surface area contributed by atoms with Crippen LogP contribution in [0.3, 0.4) is 0 Å². The van der Waals surface area contributed by atoms with Gasteiger partial charge in [0.1, 0.15) is 0 Å². The number of aromatic nitrogens is 1. The molecule has 0 aliphatic heterocycles. The lowest BCUT2D eigenvalue weighted by molar-refractivity contribution is 0.583. The molecule has 0 aromatic carbocycles. The maximum absolute atomic E-state index is 11.7. The summed E-state index contributed by atoms with van der Waals surface area (Å²) >= 11 is 5.72. The van der Waals surface area contributed by atoms with E-state index in [1.54, 1.807) is 19.2 Å². The van der Waals surface area contributed by atoms with Gasteiger partial charge < -0.3 is 4.57 Å². The molecule has 0 bridgehead atoms. The summed E-state index contributed by atoms with van der Waals surface area (Å²) in [5, 5.41) is 0. The number of aryl methyl sites for hydroxylation is 1. The average molecular weight is 251 g/mol. The number of halogens is 1. The highest BCUT2D eigenvalue weighted by molar-refractivity contribution is 7.89. The Morgan fingerprint density at radius 2 is 2.13 bits per heavy atom. The van der Waals surface area contributed by atoms with Crippen molar-refractivity contribution in [2.24, 2.45) is 0 Å². The van der Waals surface area contributed by atoms with Gasteiger partial charge in [-0.25, -0.2) is 13.1 Å². The maximum Gasteiger partial charge on any atom is 0.242 e. The fourth-order valence-corrected chi connectivity index (χ4v) is 2.69. The first kappa shape index (κ1) is 12.5. The molecule has 0 aliphatic rings. The topological polar surface area (TPSA) is 51.1 Å². The zero-order chi connectivity index (χ0) is 11.5. The van der Waals surface area contributed by atoms with E-state index in [9.17, 15) is 8.42 Å². The lowest BCUT2D eigenvalue weighted by Gasteiger charge is -2.01. The molecular weight excluding hydrogens is 236 g/mol. The monoisotopic (exact) mass is 250 g/mol. The van der Waals surface area contributed by atoms with E-state index in [0.29, 0.717) is 19.0 Å². The lowest BCUT2D eigenvalue weighted by Crippen LogP contribution is -2.22. The van der Waals surface area contributed by atoms with Gasteiger partial charge in [-0.3, -0.25) is 0 Å². The minimum absolute atomic E-state index is 0.279. The van der Waals surface area contributed by atoms with Crippen LogP contribution >= 0.6 is 11.6 Å². The Morgan fingerprint density at radius 3 is 2.53 bits per heavy atom. The zero-order valence-corrected chi connectivity index (χ0v) is 10.4. The van der Waals surface area contributed by atoms with Crippen molar-refractivity contribution in [2.75, 3.05) is 6.54 Å². The fourth-order valence-electron chi connectivity index (χ4n) is 1.35. The molecule has 0 unspecified atom stereocenters. The Balaban J connectivity index is 3.11. The first-order chi connectivity index (χ1) is 7.05. The SMILES string of the molecule is CCNS(=O)(=O)c1cc(CCl)n(CC)c1. The van der Waals surface area contributed by atoms with Gasteiger partial charge in [-0.05, 0) is 13.0 Å². The van der Waals surface area contributed by atoms with E-state index >= 15 is 0 Å². The minimum atomic E-state index is -3.36. The molecular formula is C9H15ClN2O2S. The standard InChI is InChI=1S/C9H15ClN2O2S/c1-3-11-15(13,14)9-5-8(6-10)12(4-2)7-9/h5,7,11H,3-4,6H2,1-2H3. The van der Waals surface area contributed by atoms with Crippen molar-refractivity contribution < 1.29 is 8.42 Å². The van der Waals surface area contributed by atoms with Gasteiger partial charge in [0.25, 0.3) is 0 Å². The summed E-state index contributed by atoms with van der Waals surface area (Å²) in [6.07, 6.45) is 1.61. The molecule has 0 saturated carbocycles. The summed E-state index contributed by atoms with van der Waals surface area (Å²) in [7, 11) is -3.36. The van der Waals surface area contributed by atoms with Gasteiger partial charge in [-0.1, -0.05) is 6.92 Å². The second-order valence-corrected chi connectivity index (χ2v) is 5.12. The van der Waals surface area contributed by atoms with Gasteiger partial charge in [0.2, 0.25) is 10.0 Å². The van der Waals surface area contributed by atoms with Crippen molar-refractivity contribution in [2.45, 2.75) is 31.2 Å². The van der Waals surface area contributed by atoms with E-state index in [4.69, 9.17) is 11.6 Å². The predicted molar refractivity (Wildman–Crippen MR) is 60.5 cm³/mol. The Labute approximate surface area is 95.3 Å². The van der Waals surface area contributed by atoms with Gasteiger partial charge in [-0.15, -0.1) is 11.6 Å². The second kappa shape index (κ2) is 5.01. The second-order valence-electron chi connectivity index (χ2n) is 3.09. The molecule has 1 heterocycles. The Hall–Kier alpha value is -0.520. The van der Waals surface area contributed by atoms with Crippen molar-refractivity contribution in [3.8, 4) is 0 Å².